The van der Waals surface area contributed by atoms with Gasteiger partial charge in [0.15, 0.2) is 5.96 Å². The van der Waals surface area contributed by atoms with Gasteiger partial charge >= 0.3 is 0 Å². The van der Waals surface area contributed by atoms with Gasteiger partial charge < -0.3 is 10.6 Å². The maximum absolute atomic E-state index is 6.20. The summed E-state index contributed by atoms with van der Waals surface area (Å²) in [4.78, 5) is 6.91. The van der Waals surface area contributed by atoms with Crippen LogP contribution in [0.5, 0.6) is 0 Å². The molecule has 1 heterocycles. The SMILES string of the molecule is NC(=NC1CCCCC1)N1CCc2ccccc21. The Morgan fingerprint density at radius 3 is 2.78 bits per heavy atom. The van der Waals surface area contributed by atoms with Crippen molar-refractivity contribution in [3.8, 4) is 0 Å². The second-order valence-electron chi connectivity index (χ2n) is 5.31. The second kappa shape index (κ2) is 5.01. The molecule has 2 aliphatic rings. The molecule has 3 heteroatoms. The normalized spacial score (nSPS) is 21.1. The number of guanidine groups is 1. The highest BCUT2D eigenvalue weighted by Gasteiger charge is 2.22. The number of nitrogens with zero attached hydrogens (tertiary/aromatic N) is 2. The quantitative estimate of drug-likeness (QED) is 0.608. The molecule has 0 unspecified atom stereocenters. The van der Waals surface area contributed by atoms with Crippen LogP contribution in [0.2, 0.25) is 0 Å². The molecular weight excluding hydrogens is 222 g/mol. The van der Waals surface area contributed by atoms with Crippen molar-refractivity contribution in [1.29, 1.82) is 0 Å². The third kappa shape index (κ3) is 2.22. The maximum Gasteiger partial charge on any atom is 0.196 e. The van der Waals surface area contributed by atoms with Gasteiger partial charge in [-0.05, 0) is 30.9 Å². The summed E-state index contributed by atoms with van der Waals surface area (Å²) in [5, 5.41) is 0. The molecule has 1 aliphatic carbocycles. The fourth-order valence-corrected chi connectivity index (χ4v) is 3.04. The van der Waals surface area contributed by atoms with Gasteiger partial charge in [0.05, 0.1) is 6.04 Å². The molecule has 0 radical (unpaired) electrons. The summed E-state index contributed by atoms with van der Waals surface area (Å²) in [5.41, 5.74) is 8.83. The van der Waals surface area contributed by atoms with Crippen LogP contribution in [0.3, 0.4) is 0 Å². The van der Waals surface area contributed by atoms with E-state index in [-0.39, 0.29) is 0 Å². The predicted molar refractivity (Wildman–Crippen MR) is 76.0 cm³/mol. The van der Waals surface area contributed by atoms with E-state index in [4.69, 9.17) is 10.7 Å². The molecule has 3 rings (SSSR count). The van der Waals surface area contributed by atoms with Crippen molar-refractivity contribution in [1.82, 2.24) is 0 Å². The van der Waals surface area contributed by atoms with Gasteiger partial charge in [-0.25, -0.2) is 4.99 Å². The zero-order valence-electron chi connectivity index (χ0n) is 10.8. The van der Waals surface area contributed by atoms with Crippen LogP contribution in [0.15, 0.2) is 29.3 Å². The smallest absolute Gasteiger partial charge is 0.196 e. The van der Waals surface area contributed by atoms with E-state index < -0.39 is 0 Å². The first-order valence-corrected chi connectivity index (χ1v) is 7.03. The van der Waals surface area contributed by atoms with E-state index in [0.29, 0.717) is 12.0 Å². The van der Waals surface area contributed by atoms with E-state index in [1.807, 2.05) is 0 Å². The molecule has 96 valence electrons. The van der Waals surface area contributed by atoms with E-state index >= 15 is 0 Å². The maximum atomic E-state index is 6.20. The molecular formula is C15H21N3. The summed E-state index contributed by atoms with van der Waals surface area (Å²) in [6.45, 7) is 0.974. The van der Waals surface area contributed by atoms with Crippen molar-refractivity contribution in [2.24, 2.45) is 10.7 Å². The van der Waals surface area contributed by atoms with Gasteiger partial charge in [0, 0.05) is 12.2 Å². The first-order chi connectivity index (χ1) is 8.84. The molecule has 18 heavy (non-hydrogen) atoms. The third-order valence-corrected chi connectivity index (χ3v) is 4.05. The molecule has 0 spiro atoms. The van der Waals surface area contributed by atoms with Crippen LogP contribution in [-0.4, -0.2) is 18.5 Å². The Morgan fingerprint density at radius 2 is 1.94 bits per heavy atom. The molecule has 3 nitrogen and oxygen atoms in total. The van der Waals surface area contributed by atoms with E-state index in [0.717, 1.165) is 13.0 Å². The molecule has 0 atom stereocenters. The van der Waals surface area contributed by atoms with Crippen LogP contribution in [0.25, 0.3) is 0 Å². The first-order valence-electron chi connectivity index (χ1n) is 7.03. The van der Waals surface area contributed by atoms with E-state index in [2.05, 4.69) is 29.2 Å². The number of fused-ring (bicyclic) bond motifs is 1. The van der Waals surface area contributed by atoms with Gasteiger partial charge in [0.2, 0.25) is 0 Å². The van der Waals surface area contributed by atoms with Crippen LogP contribution < -0.4 is 10.6 Å². The van der Waals surface area contributed by atoms with Gasteiger partial charge in [0.1, 0.15) is 0 Å². The second-order valence-corrected chi connectivity index (χ2v) is 5.31. The molecule has 0 bridgehead atoms. The van der Waals surface area contributed by atoms with Crippen LogP contribution in [-0.2, 0) is 6.42 Å². The van der Waals surface area contributed by atoms with Crippen molar-refractivity contribution in [3.05, 3.63) is 29.8 Å². The average molecular weight is 243 g/mol. The van der Waals surface area contributed by atoms with E-state index in [1.165, 1.54) is 43.4 Å². The Kier molecular flexibility index (Phi) is 3.22. The lowest BCUT2D eigenvalue weighted by Gasteiger charge is -2.23. The Labute approximate surface area is 109 Å². The fraction of sp³-hybridized carbons (Fsp3) is 0.533. The fourth-order valence-electron chi connectivity index (χ4n) is 3.04. The van der Waals surface area contributed by atoms with Crippen molar-refractivity contribution < 1.29 is 0 Å². The zero-order valence-corrected chi connectivity index (χ0v) is 10.8. The average Bonchev–Trinajstić information content (AvgIpc) is 2.84. The summed E-state index contributed by atoms with van der Waals surface area (Å²) in [7, 11) is 0. The summed E-state index contributed by atoms with van der Waals surface area (Å²) in [5.74, 6) is 0.715. The number of aliphatic imine (C=N–C) groups is 1. The molecule has 0 amide bonds. The summed E-state index contributed by atoms with van der Waals surface area (Å²) < 4.78 is 0. The van der Waals surface area contributed by atoms with Crippen LogP contribution >= 0.6 is 0 Å². The Bertz CT molecular complexity index is 447. The van der Waals surface area contributed by atoms with Crippen LogP contribution in [0.4, 0.5) is 5.69 Å². The van der Waals surface area contributed by atoms with Gasteiger partial charge in [0.25, 0.3) is 0 Å². The van der Waals surface area contributed by atoms with Gasteiger partial charge in [-0.1, -0.05) is 37.5 Å². The molecule has 1 saturated carbocycles. The summed E-state index contributed by atoms with van der Waals surface area (Å²) in [6, 6.07) is 8.95. The van der Waals surface area contributed by atoms with Crippen molar-refractivity contribution in [2.75, 3.05) is 11.4 Å². The van der Waals surface area contributed by atoms with E-state index in [9.17, 15) is 0 Å². The minimum absolute atomic E-state index is 0.450. The predicted octanol–water partition coefficient (Wildman–Crippen LogP) is 2.70. The molecule has 2 N–H and O–H groups in total. The van der Waals surface area contributed by atoms with Gasteiger partial charge in [-0.15, -0.1) is 0 Å². The molecule has 1 aromatic carbocycles. The molecule has 0 aromatic heterocycles. The lowest BCUT2D eigenvalue weighted by molar-refractivity contribution is 0.442. The number of nitrogens with two attached hydrogens (primary N) is 1. The highest BCUT2D eigenvalue weighted by molar-refractivity contribution is 5.96. The minimum Gasteiger partial charge on any atom is -0.370 e. The van der Waals surface area contributed by atoms with Gasteiger partial charge in [-0.3, -0.25) is 0 Å². The molecule has 0 saturated heterocycles. The van der Waals surface area contributed by atoms with Crippen LogP contribution in [0.1, 0.15) is 37.7 Å². The summed E-state index contributed by atoms with van der Waals surface area (Å²) >= 11 is 0. The Balaban J connectivity index is 1.77. The Morgan fingerprint density at radius 1 is 1.17 bits per heavy atom. The monoisotopic (exact) mass is 243 g/mol. The molecule has 1 aromatic rings. The van der Waals surface area contributed by atoms with Crippen molar-refractivity contribution in [3.63, 3.8) is 0 Å². The highest BCUT2D eigenvalue weighted by atomic mass is 15.3. The number of anilines is 1. The highest BCUT2D eigenvalue weighted by Crippen LogP contribution is 2.28. The zero-order chi connectivity index (χ0) is 12.4. The number of rotatable bonds is 1. The minimum atomic E-state index is 0.450. The molecule has 1 fully saturated rings. The Hall–Kier alpha value is -1.51. The van der Waals surface area contributed by atoms with Crippen molar-refractivity contribution in [2.45, 2.75) is 44.6 Å². The standard InChI is InChI=1S/C15H21N3/c16-15(17-13-7-2-1-3-8-13)18-11-10-12-6-4-5-9-14(12)18/h4-6,9,13H,1-3,7-8,10-11H2,(H2,16,17). The van der Waals surface area contributed by atoms with Crippen LogP contribution in [0, 0.1) is 0 Å². The van der Waals surface area contributed by atoms with Crippen molar-refractivity contribution >= 4 is 11.6 Å². The third-order valence-electron chi connectivity index (χ3n) is 4.05. The van der Waals surface area contributed by atoms with Gasteiger partial charge in [-0.2, -0.15) is 0 Å². The topological polar surface area (TPSA) is 41.6 Å². The number of hydrogen-bond donors (Lipinski definition) is 1. The lowest BCUT2D eigenvalue weighted by Crippen LogP contribution is -2.37. The number of hydrogen-bond acceptors (Lipinski definition) is 1. The first kappa shape index (κ1) is 11.6. The number of benzene rings is 1. The molecule has 1 aliphatic heterocycles. The number of para-hydroxylation sites is 1. The van der Waals surface area contributed by atoms with E-state index in [1.54, 1.807) is 0 Å². The summed E-state index contributed by atoms with van der Waals surface area (Å²) in [6.07, 6.45) is 7.46. The largest absolute Gasteiger partial charge is 0.370 e. The lowest BCUT2D eigenvalue weighted by atomic mass is 9.96.